The van der Waals surface area contributed by atoms with Crippen LogP contribution in [0.15, 0.2) is 30.3 Å². The van der Waals surface area contributed by atoms with Crippen molar-refractivity contribution in [2.24, 2.45) is 5.73 Å². The van der Waals surface area contributed by atoms with Crippen molar-refractivity contribution in [2.45, 2.75) is 25.5 Å². The summed E-state index contributed by atoms with van der Waals surface area (Å²) in [6, 6.07) is 9.11. The molecular weight excluding hydrogens is 228 g/mol. The Hall–Kier alpha value is -1.39. The lowest BCUT2D eigenvalue weighted by Crippen LogP contribution is -2.38. The molecule has 2 atom stereocenters. The van der Waals surface area contributed by atoms with Gasteiger partial charge in [0.2, 0.25) is 0 Å². The molecule has 1 aromatic rings. The Labute approximate surface area is 109 Å². The van der Waals surface area contributed by atoms with Crippen molar-refractivity contribution < 1.29 is 9.53 Å². The van der Waals surface area contributed by atoms with E-state index >= 15 is 0 Å². The van der Waals surface area contributed by atoms with E-state index in [1.165, 1.54) is 0 Å². The van der Waals surface area contributed by atoms with Crippen molar-refractivity contribution in [1.82, 2.24) is 4.90 Å². The second-order valence-corrected chi connectivity index (χ2v) is 4.81. The van der Waals surface area contributed by atoms with Crippen LogP contribution in [0.1, 0.15) is 12.5 Å². The van der Waals surface area contributed by atoms with Crippen LogP contribution in [0, 0.1) is 0 Å². The van der Waals surface area contributed by atoms with E-state index in [0.29, 0.717) is 13.0 Å². The fraction of sp³-hybridized carbons (Fsp3) is 0.500. The number of carbonyl (C=O) groups excluding carboxylic acids is 1. The summed E-state index contributed by atoms with van der Waals surface area (Å²) in [6.45, 7) is 2.57. The van der Waals surface area contributed by atoms with Gasteiger partial charge in [-0.2, -0.15) is 0 Å². The smallest absolute Gasteiger partial charge is 0.323 e. The van der Waals surface area contributed by atoms with Gasteiger partial charge in [-0.3, -0.25) is 4.79 Å². The minimum Gasteiger partial charge on any atom is -0.460 e. The highest BCUT2D eigenvalue weighted by Gasteiger charge is 2.18. The number of hydrogen-bond acceptors (Lipinski definition) is 4. The van der Waals surface area contributed by atoms with Crippen molar-refractivity contribution in [3.8, 4) is 0 Å². The monoisotopic (exact) mass is 250 g/mol. The molecule has 0 radical (unpaired) electrons. The number of nitrogens with zero attached hydrogens (tertiary/aromatic N) is 1. The van der Waals surface area contributed by atoms with Crippen LogP contribution in [-0.2, 0) is 16.0 Å². The molecule has 100 valence electrons. The molecule has 1 aromatic carbocycles. The molecule has 0 amide bonds. The fourth-order valence-corrected chi connectivity index (χ4v) is 1.79. The third-order valence-corrected chi connectivity index (χ3v) is 2.54. The van der Waals surface area contributed by atoms with E-state index in [2.05, 4.69) is 0 Å². The molecule has 0 saturated carbocycles. The summed E-state index contributed by atoms with van der Waals surface area (Å²) in [5, 5.41) is 0. The maximum Gasteiger partial charge on any atom is 0.323 e. The zero-order chi connectivity index (χ0) is 13.5. The highest BCUT2D eigenvalue weighted by atomic mass is 16.5. The Kier molecular flexibility index (Phi) is 5.82. The Morgan fingerprint density at radius 3 is 2.50 bits per heavy atom. The van der Waals surface area contributed by atoms with Crippen LogP contribution in [0.2, 0.25) is 0 Å². The predicted octanol–water partition coefficient (Wildman–Crippen LogP) is 1.05. The second-order valence-electron chi connectivity index (χ2n) is 4.81. The van der Waals surface area contributed by atoms with Gasteiger partial charge in [0.25, 0.3) is 0 Å². The molecule has 0 fully saturated rings. The molecule has 18 heavy (non-hydrogen) atoms. The molecule has 0 aliphatic carbocycles. The summed E-state index contributed by atoms with van der Waals surface area (Å²) in [7, 11) is 3.88. The van der Waals surface area contributed by atoms with Crippen LogP contribution < -0.4 is 5.73 Å². The summed E-state index contributed by atoms with van der Waals surface area (Å²) in [5.41, 5.74) is 6.88. The number of carbonyl (C=O) groups is 1. The lowest BCUT2D eigenvalue weighted by atomic mass is 10.1. The van der Waals surface area contributed by atoms with Gasteiger partial charge in [-0.05, 0) is 33.0 Å². The van der Waals surface area contributed by atoms with Crippen LogP contribution in [0.25, 0.3) is 0 Å². The van der Waals surface area contributed by atoms with Gasteiger partial charge in [-0.15, -0.1) is 0 Å². The SMILES string of the molecule is CC(CN(C)C)OC(=O)C(N)Cc1ccccc1. The van der Waals surface area contributed by atoms with Crippen molar-refractivity contribution >= 4 is 5.97 Å². The first-order valence-corrected chi connectivity index (χ1v) is 6.13. The molecule has 4 nitrogen and oxygen atoms in total. The first-order valence-electron chi connectivity index (χ1n) is 6.13. The van der Waals surface area contributed by atoms with Gasteiger partial charge in [0, 0.05) is 6.54 Å². The normalized spacial score (nSPS) is 14.3. The first-order chi connectivity index (χ1) is 8.49. The Morgan fingerprint density at radius 2 is 1.94 bits per heavy atom. The first kappa shape index (κ1) is 14.7. The van der Waals surface area contributed by atoms with Gasteiger partial charge >= 0.3 is 5.97 Å². The zero-order valence-electron chi connectivity index (χ0n) is 11.3. The molecule has 0 aliphatic rings. The molecule has 0 spiro atoms. The number of benzene rings is 1. The minimum absolute atomic E-state index is 0.144. The van der Waals surface area contributed by atoms with Gasteiger partial charge in [0.05, 0.1) is 0 Å². The maximum absolute atomic E-state index is 11.8. The molecule has 0 aliphatic heterocycles. The van der Waals surface area contributed by atoms with E-state index in [1.807, 2.05) is 56.3 Å². The Bertz CT molecular complexity index is 365. The predicted molar refractivity (Wildman–Crippen MR) is 72.2 cm³/mol. The van der Waals surface area contributed by atoms with E-state index in [-0.39, 0.29) is 12.1 Å². The van der Waals surface area contributed by atoms with Crippen molar-refractivity contribution in [3.63, 3.8) is 0 Å². The van der Waals surface area contributed by atoms with E-state index in [9.17, 15) is 4.79 Å². The van der Waals surface area contributed by atoms with E-state index in [0.717, 1.165) is 5.56 Å². The van der Waals surface area contributed by atoms with E-state index in [1.54, 1.807) is 0 Å². The lowest BCUT2D eigenvalue weighted by Gasteiger charge is -2.19. The van der Waals surface area contributed by atoms with Gasteiger partial charge in [-0.1, -0.05) is 30.3 Å². The number of rotatable bonds is 6. The van der Waals surface area contributed by atoms with Crippen LogP contribution in [0.3, 0.4) is 0 Å². The molecule has 2 N–H and O–H groups in total. The number of hydrogen-bond donors (Lipinski definition) is 1. The van der Waals surface area contributed by atoms with Gasteiger partial charge < -0.3 is 15.4 Å². The zero-order valence-corrected chi connectivity index (χ0v) is 11.3. The summed E-state index contributed by atoms with van der Waals surface area (Å²) >= 11 is 0. The molecule has 0 bridgehead atoms. The Balaban J connectivity index is 2.42. The quantitative estimate of drug-likeness (QED) is 0.767. The minimum atomic E-state index is -0.600. The van der Waals surface area contributed by atoms with Gasteiger partial charge in [-0.25, -0.2) is 0 Å². The third kappa shape index (κ3) is 5.29. The average Bonchev–Trinajstić information content (AvgIpc) is 2.28. The van der Waals surface area contributed by atoms with Crippen molar-refractivity contribution in [3.05, 3.63) is 35.9 Å². The summed E-state index contributed by atoms with van der Waals surface area (Å²) < 4.78 is 5.29. The number of ether oxygens (including phenoxy) is 1. The van der Waals surface area contributed by atoms with Crippen LogP contribution in [0.5, 0.6) is 0 Å². The summed E-state index contributed by atoms with van der Waals surface area (Å²) in [4.78, 5) is 13.7. The fourth-order valence-electron chi connectivity index (χ4n) is 1.79. The molecular formula is C14H22N2O2. The van der Waals surface area contributed by atoms with E-state index < -0.39 is 6.04 Å². The second kappa shape index (κ2) is 7.13. The van der Waals surface area contributed by atoms with Crippen LogP contribution in [0.4, 0.5) is 0 Å². The highest BCUT2D eigenvalue weighted by molar-refractivity contribution is 5.76. The van der Waals surface area contributed by atoms with Gasteiger partial charge in [0.15, 0.2) is 0 Å². The van der Waals surface area contributed by atoms with Crippen molar-refractivity contribution in [2.75, 3.05) is 20.6 Å². The highest BCUT2D eigenvalue weighted by Crippen LogP contribution is 2.04. The maximum atomic E-state index is 11.8. The average molecular weight is 250 g/mol. The number of likely N-dealkylation sites (N-methyl/N-ethyl adjacent to an activating group) is 1. The summed E-state index contributed by atoms with van der Waals surface area (Å²) in [6.07, 6.45) is 0.364. The molecule has 0 heterocycles. The molecule has 1 rings (SSSR count). The van der Waals surface area contributed by atoms with Crippen LogP contribution >= 0.6 is 0 Å². The topological polar surface area (TPSA) is 55.6 Å². The molecule has 0 aromatic heterocycles. The molecule has 2 unspecified atom stereocenters. The number of esters is 1. The lowest BCUT2D eigenvalue weighted by molar-refractivity contribution is -0.150. The van der Waals surface area contributed by atoms with E-state index in [4.69, 9.17) is 10.5 Å². The third-order valence-electron chi connectivity index (χ3n) is 2.54. The molecule has 0 saturated heterocycles. The number of nitrogens with two attached hydrogens (primary N) is 1. The summed E-state index contributed by atoms with van der Waals surface area (Å²) in [5.74, 6) is -0.340. The van der Waals surface area contributed by atoms with Crippen molar-refractivity contribution in [1.29, 1.82) is 0 Å². The van der Waals surface area contributed by atoms with Crippen LogP contribution in [-0.4, -0.2) is 43.7 Å². The molecule has 4 heteroatoms. The largest absolute Gasteiger partial charge is 0.460 e. The standard InChI is InChI=1S/C14H22N2O2/c1-11(10-16(2)3)18-14(17)13(15)9-12-7-5-4-6-8-12/h4-8,11,13H,9-10,15H2,1-3H3. The van der Waals surface area contributed by atoms with Gasteiger partial charge in [0.1, 0.15) is 12.1 Å². The Morgan fingerprint density at radius 1 is 1.33 bits per heavy atom.